The molecule has 0 aromatic rings. The molecular formula is C9H19N2O+. The lowest BCUT2D eigenvalue weighted by atomic mass is 10.1. The van der Waals surface area contributed by atoms with E-state index >= 15 is 0 Å². The van der Waals surface area contributed by atoms with Gasteiger partial charge in [0.05, 0.1) is 33.4 Å². The Balaban J connectivity index is 2.52. The van der Waals surface area contributed by atoms with Crippen molar-refractivity contribution in [2.75, 3.05) is 27.7 Å². The van der Waals surface area contributed by atoms with Crippen molar-refractivity contribution in [3.8, 4) is 0 Å². The second-order valence-corrected chi connectivity index (χ2v) is 4.65. The number of nitrogens with zero attached hydrogens (tertiary/aromatic N) is 2. The molecule has 1 aliphatic rings. The van der Waals surface area contributed by atoms with Crippen molar-refractivity contribution in [2.45, 2.75) is 19.3 Å². The molecule has 1 rings (SSSR count). The molecule has 0 saturated heterocycles. The zero-order valence-corrected chi connectivity index (χ0v) is 8.25. The average molecular weight is 171 g/mol. The van der Waals surface area contributed by atoms with Gasteiger partial charge in [-0.25, -0.2) is 0 Å². The molecule has 1 saturated carbocycles. The summed E-state index contributed by atoms with van der Waals surface area (Å²) in [5.41, 5.74) is 1.00. The summed E-state index contributed by atoms with van der Waals surface area (Å²) < 4.78 is 0.948. The predicted octanol–water partition coefficient (Wildman–Crippen LogP) is 1.32. The number of hydrogen-bond acceptors (Lipinski definition) is 2. The minimum Gasteiger partial charge on any atom is -0.411 e. The summed E-state index contributed by atoms with van der Waals surface area (Å²) in [6.45, 7) is 1.08. The van der Waals surface area contributed by atoms with Crippen LogP contribution in [0.5, 0.6) is 0 Å². The lowest BCUT2D eigenvalue weighted by Gasteiger charge is -2.27. The van der Waals surface area contributed by atoms with Gasteiger partial charge >= 0.3 is 0 Å². The Bertz CT molecular complexity index is 181. The maximum absolute atomic E-state index is 8.71. The predicted molar refractivity (Wildman–Crippen MR) is 49.5 cm³/mol. The molecule has 0 spiro atoms. The number of quaternary nitrogens is 1. The zero-order valence-electron chi connectivity index (χ0n) is 8.25. The van der Waals surface area contributed by atoms with Crippen molar-refractivity contribution in [1.29, 1.82) is 0 Å². The van der Waals surface area contributed by atoms with Crippen LogP contribution in [-0.4, -0.2) is 43.1 Å². The van der Waals surface area contributed by atoms with E-state index in [4.69, 9.17) is 5.21 Å². The van der Waals surface area contributed by atoms with Crippen LogP contribution in [0.1, 0.15) is 19.3 Å². The summed E-state index contributed by atoms with van der Waals surface area (Å²) in [5.74, 6) is 0.509. The van der Waals surface area contributed by atoms with Crippen molar-refractivity contribution in [3.05, 3.63) is 0 Å². The summed E-state index contributed by atoms with van der Waals surface area (Å²) in [5, 5.41) is 12.1. The quantitative estimate of drug-likeness (QED) is 0.379. The minimum atomic E-state index is 0.509. The van der Waals surface area contributed by atoms with E-state index in [1.807, 2.05) is 0 Å². The largest absolute Gasteiger partial charge is 0.411 e. The number of oxime groups is 1. The first-order valence-electron chi connectivity index (χ1n) is 4.54. The van der Waals surface area contributed by atoms with E-state index < -0.39 is 0 Å². The van der Waals surface area contributed by atoms with E-state index in [1.54, 1.807) is 0 Å². The van der Waals surface area contributed by atoms with Gasteiger partial charge in [-0.05, 0) is 19.3 Å². The SMILES string of the molecule is C[N+](C)(C)CC1CCC/C1=N/O. The third kappa shape index (κ3) is 2.48. The number of hydrogen-bond donors (Lipinski definition) is 1. The van der Waals surface area contributed by atoms with Crippen LogP contribution in [0.3, 0.4) is 0 Å². The molecule has 0 aliphatic heterocycles. The summed E-state index contributed by atoms with van der Waals surface area (Å²) in [4.78, 5) is 0. The summed E-state index contributed by atoms with van der Waals surface area (Å²) in [7, 11) is 6.52. The second-order valence-electron chi connectivity index (χ2n) is 4.65. The Morgan fingerprint density at radius 2 is 2.17 bits per heavy atom. The van der Waals surface area contributed by atoms with Crippen molar-refractivity contribution < 1.29 is 9.69 Å². The standard InChI is InChI=1S/C9H18N2O/c1-11(2,3)7-8-5-4-6-9(8)10-12/h8H,4-7H2,1-3H3/p+1/b10-9-. The van der Waals surface area contributed by atoms with E-state index in [1.165, 1.54) is 12.8 Å². The smallest absolute Gasteiger partial charge is 0.0863 e. The minimum absolute atomic E-state index is 0.509. The molecule has 0 aromatic carbocycles. The molecule has 3 nitrogen and oxygen atoms in total. The first kappa shape index (κ1) is 9.52. The average Bonchev–Trinajstić information content (AvgIpc) is 2.31. The molecule has 1 N–H and O–H groups in total. The molecule has 0 amide bonds. The van der Waals surface area contributed by atoms with Gasteiger partial charge in [0.15, 0.2) is 0 Å². The highest BCUT2D eigenvalue weighted by Gasteiger charge is 2.28. The first-order valence-corrected chi connectivity index (χ1v) is 4.54. The van der Waals surface area contributed by atoms with E-state index in [9.17, 15) is 0 Å². The van der Waals surface area contributed by atoms with Crippen LogP contribution >= 0.6 is 0 Å². The van der Waals surface area contributed by atoms with Gasteiger partial charge in [-0.1, -0.05) is 5.16 Å². The molecule has 1 unspecified atom stereocenters. The Kier molecular flexibility index (Phi) is 2.73. The molecule has 1 fully saturated rings. The Morgan fingerprint density at radius 1 is 1.50 bits per heavy atom. The summed E-state index contributed by atoms with van der Waals surface area (Å²) in [6.07, 6.45) is 3.36. The van der Waals surface area contributed by atoms with Gasteiger partial charge in [-0.15, -0.1) is 0 Å². The molecule has 0 radical (unpaired) electrons. The first-order chi connectivity index (χ1) is 5.53. The van der Waals surface area contributed by atoms with Crippen LogP contribution in [0.15, 0.2) is 5.16 Å². The molecule has 3 heteroatoms. The molecule has 0 aromatic heterocycles. The van der Waals surface area contributed by atoms with Gasteiger partial charge in [0.1, 0.15) is 0 Å². The van der Waals surface area contributed by atoms with Crippen LogP contribution in [0.2, 0.25) is 0 Å². The van der Waals surface area contributed by atoms with Gasteiger partial charge in [0, 0.05) is 5.92 Å². The highest BCUT2D eigenvalue weighted by Crippen LogP contribution is 2.24. The van der Waals surface area contributed by atoms with E-state index in [-0.39, 0.29) is 0 Å². The highest BCUT2D eigenvalue weighted by atomic mass is 16.4. The van der Waals surface area contributed by atoms with Gasteiger partial charge in [-0.3, -0.25) is 0 Å². The Morgan fingerprint density at radius 3 is 2.67 bits per heavy atom. The van der Waals surface area contributed by atoms with E-state index in [0.717, 1.165) is 23.2 Å². The Labute approximate surface area is 74.3 Å². The topological polar surface area (TPSA) is 32.6 Å². The fourth-order valence-corrected chi connectivity index (χ4v) is 1.89. The van der Waals surface area contributed by atoms with Gasteiger partial charge in [0.25, 0.3) is 0 Å². The van der Waals surface area contributed by atoms with Crippen molar-refractivity contribution in [1.82, 2.24) is 0 Å². The third-order valence-electron chi connectivity index (χ3n) is 2.35. The molecule has 12 heavy (non-hydrogen) atoms. The van der Waals surface area contributed by atoms with Crippen molar-refractivity contribution in [3.63, 3.8) is 0 Å². The van der Waals surface area contributed by atoms with Crippen LogP contribution in [0.25, 0.3) is 0 Å². The zero-order chi connectivity index (χ0) is 9.19. The summed E-state index contributed by atoms with van der Waals surface area (Å²) >= 11 is 0. The highest BCUT2D eigenvalue weighted by molar-refractivity contribution is 5.88. The monoisotopic (exact) mass is 171 g/mol. The summed E-state index contributed by atoms with van der Waals surface area (Å²) in [6, 6.07) is 0. The fourth-order valence-electron chi connectivity index (χ4n) is 1.89. The van der Waals surface area contributed by atoms with E-state index in [2.05, 4.69) is 26.3 Å². The van der Waals surface area contributed by atoms with Gasteiger partial charge in [-0.2, -0.15) is 0 Å². The molecule has 1 atom stereocenters. The lowest BCUT2D eigenvalue weighted by molar-refractivity contribution is -0.872. The van der Waals surface area contributed by atoms with Crippen LogP contribution in [0.4, 0.5) is 0 Å². The van der Waals surface area contributed by atoms with Crippen LogP contribution in [0, 0.1) is 5.92 Å². The number of rotatable bonds is 2. The molecule has 0 heterocycles. The van der Waals surface area contributed by atoms with Crippen molar-refractivity contribution in [2.24, 2.45) is 11.1 Å². The Hall–Kier alpha value is -0.570. The van der Waals surface area contributed by atoms with Crippen LogP contribution < -0.4 is 0 Å². The molecule has 0 bridgehead atoms. The molecule has 1 aliphatic carbocycles. The van der Waals surface area contributed by atoms with Gasteiger partial charge in [0.2, 0.25) is 0 Å². The van der Waals surface area contributed by atoms with E-state index in [0.29, 0.717) is 5.92 Å². The fraction of sp³-hybridized carbons (Fsp3) is 0.889. The molecule has 70 valence electrons. The normalized spacial score (nSPS) is 28.2. The van der Waals surface area contributed by atoms with Gasteiger partial charge < -0.3 is 9.69 Å². The maximum atomic E-state index is 8.71. The van der Waals surface area contributed by atoms with Crippen LogP contribution in [-0.2, 0) is 0 Å². The third-order valence-corrected chi connectivity index (χ3v) is 2.35. The lowest BCUT2D eigenvalue weighted by Crippen LogP contribution is -2.40. The maximum Gasteiger partial charge on any atom is 0.0863 e. The second kappa shape index (κ2) is 3.44. The van der Waals surface area contributed by atoms with Crippen molar-refractivity contribution >= 4 is 5.71 Å². The molecular weight excluding hydrogens is 152 g/mol.